The van der Waals surface area contributed by atoms with Gasteiger partial charge in [-0.3, -0.25) is 5.10 Å². The fourth-order valence-electron chi connectivity index (χ4n) is 2.67. The second kappa shape index (κ2) is 5.51. The number of rotatable bonds is 3. The van der Waals surface area contributed by atoms with Crippen LogP contribution < -0.4 is 4.90 Å². The van der Waals surface area contributed by atoms with Gasteiger partial charge >= 0.3 is 5.97 Å². The third-order valence-electron chi connectivity index (χ3n) is 3.75. The number of hydrogen-bond acceptors (Lipinski definition) is 5. The number of carbonyl (C=O) groups is 1. The highest BCUT2D eigenvalue weighted by atomic mass is 16.4. The molecule has 0 amide bonds. The van der Waals surface area contributed by atoms with Gasteiger partial charge in [-0.15, -0.1) is 0 Å². The van der Waals surface area contributed by atoms with Crippen LogP contribution in [0.1, 0.15) is 40.6 Å². The van der Waals surface area contributed by atoms with Gasteiger partial charge in [0.05, 0.1) is 18.1 Å². The predicted octanol–water partition coefficient (Wildman–Crippen LogP) is 1.59. The number of aromatic carboxylic acids is 1. The summed E-state index contributed by atoms with van der Waals surface area (Å²) in [6.07, 6.45) is 4.99. The van der Waals surface area contributed by atoms with Crippen LogP contribution in [0.15, 0.2) is 18.5 Å². The molecular formula is C14H17N5O2. The first kappa shape index (κ1) is 13.5. The van der Waals surface area contributed by atoms with E-state index in [1.165, 1.54) is 12.4 Å². The number of anilines is 1. The van der Waals surface area contributed by atoms with E-state index in [9.17, 15) is 4.79 Å². The van der Waals surface area contributed by atoms with Gasteiger partial charge in [-0.05, 0) is 25.8 Å². The van der Waals surface area contributed by atoms with Crippen molar-refractivity contribution < 1.29 is 9.90 Å². The minimum Gasteiger partial charge on any atom is -0.476 e. The second-order valence-corrected chi connectivity index (χ2v) is 5.33. The molecule has 1 saturated heterocycles. The molecule has 1 unspecified atom stereocenters. The van der Waals surface area contributed by atoms with Crippen LogP contribution in [0.3, 0.4) is 0 Å². The molecule has 0 aromatic carbocycles. The van der Waals surface area contributed by atoms with Crippen LogP contribution >= 0.6 is 0 Å². The Morgan fingerprint density at radius 3 is 2.90 bits per heavy atom. The first-order chi connectivity index (χ1) is 10.1. The maximum atomic E-state index is 10.8. The molecule has 0 bridgehead atoms. The highest BCUT2D eigenvalue weighted by Crippen LogP contribution is 2.28. The van der Waals surface area contributed by atoms with Gasteiger partial charge in [0, 0.05) is 24.7 Å². The number of carboxylic acid groups (broad SMARTS) is 1. The fraction of sp³-hybridized carbons (Fsp3) is 0.429. The minimum atomic E-state index is -1.06. The largest absolute Gasteiger partial charge is 0.476 e. The lowest BCUT2D eigenvalue weighted by Gasteiger charge is -2.32. The number of aromatic nitrogens is 4. The van der Waals surface area contributed by atoms with E-state index in [1.54, 1.807) is 0 Å². The summed E-state index contributed by atoms with van der Waals surface area (Å²) in [5.41, 5.74) is 2.11. The molecule has 1 atom stereocenters. The van der Waals surface area contributed by atoms with E-state index < -0.39 is 5.97 Å². The minimum absolute atomic E-state index is 0.0322. The number of aromatic amines is 1. The van der Waals surface area contributed by atoms with E-state index in [2.05, 4.69) is 31.1 Å². The highest BCUT2D eigenvalue weighted by Gasteiger charge is 2.24. The van der Waals surface area contributed by atoms with Gasteiger partial charge in [-0.25, -0.2) is 14.8 Å². The van der Waals surface area contributed by atoms with Crippen molar-refractivity contribution in [2.45, 2.75) is 25.7 Å². The molecule has 0 spiro atoms. The summed E-state index contributed by atoms with van der Waals surface area (Å²) in [5.74, 6) is 0.0270. The van der Waals surface area contributed by atoms with Crippen molar-refractivity contribution in [3.8, 4) is 0 Å². The van der Waals surface area contributed by atoms with E-state index in [0.29, 0.717) is 5.92 Å². The van der Waals surface area contributed by atoms with Gasteiger partial charge < -0.3 is 10.0 Å². The molecule has 2 N–H and O–H groups in total. The summed E-state index contributed by atoms with van der Waals surface area (Å²) in [7, 11) is 0. The van der Waals surface area contributed by atoms with Crippen molar-refractivity contribution in [3.63, 3.8) is 0 Å². The Bertz CT molecular complexity index is 637. The summed E-state index contributed by atoms with van der Waals surface area (Å²) in [5, 5.41) is 16.2. The molecule has 21 heavy (non-hydrogen) atoms. The van der Waals surface area contributed by atoms with Gasteiger partial charge in [0.2, 0.25) is 0 Å². The average Bonchev–Trinajstić information content (AvgIpc) is 2.94. The topological polar surface area (TPSA) is 95.0 Å². The Morgan fingerprint density at radius 2 is 2.29 bits per heavy atom. The van der Waals surface area contributed by atoms with Crippen LogP contribution in [0.4, 0.5) is 5.82 Å². The standard InChI is InChI=1S/C14H17N5O2/c1-9-5-11(18-17-9)10-3-2-4-19(8-10)13-7-15-12(6-16-13)14(20)21/h5-7,10H,2-4,8H2,1H3,(H,17,18)(H,20,21). The van der Waals surface area contributed by atoms with Crippen LogP contribution in [0.25, 0.3) is 0 Å². The van der Waals surface area contributed by atoms with Gasteiger partial charge in [-0.1, -0.05) is 0 Å². The average molecular weight is 287 g/mol. The molecule has 2 aromatic heterocycles. The number of aryl methyl sites for hydroxylation is 1. The van der Waals surface area contributed by atoms with Crippen molar-refractivity contribution in [1.82, 2.24) is 20.2 Å². The lowest BCUT2D eigenvalue weighted by Crippen LogP contribution is -2.35. The molecule has 3 rings (SSSR count). The zero-order chi connectivity index (χ0) is 14.8. The number of hydrogen-bond donors (Lipinski definition) is 2. The smallest absolute Gasteiger partial charge is 0.356 e. The van der Waals surface area contributed by atoms with E-state index in [0.717, 1.165) is 43.1 Å². The number of nitrogens with one attached hydrogen (secondary N) is 1. The molecule has 1 fully saturated rings. The van der Waals surface area contributed by atoms with E-state index in [4.69, 9.17) is 5.11 Å². The van der Waals surface area contributed by atoms with E-state index in [-0.39, 0.29) is 5.69 Å². The number of nitrogens with zero attached hydrogens (tertiary/aromatic N) is 4. The van der Waals surface area contributed by atoms with Gasteiger partial charge in [0.25, 0.3) is 0 Å². The van der Waals surface area contributed by atoms with Crippen molar-refractivity contribution in [1.29, 1.82) is 0 Å². The Labute approximate surface area is 122 Å². The molecule has 1 aliphatic heterocycles. The molecule has 7 nitrogen and oxygen atoms in total. The quantitative estimate of drug-likeness (QED) is 0.890. The molecular weight excluding hydrogens is 270 g/mol. The summed E-state index contributed by atoms with van der Waals surface area (Å²) >= 11 is 0. The second-order valence-electron chi connectivity index (χ2n) is 5.33. The summed E-state index contributed by atoms with van der Waals surface area (Å²) in [6, 6.07) is 2.08. The predicted molar refractivity (Wildman–Crippen MR) is 76.5 cm³/mol. The van der Waals surface area contributed by atoms with Gasteiger partial charge in [0.1, 0.15) is 5.82 Å². The third kappa shape index (κ3) is 2.86. The lowest BCUT2D eigenvalue weighted by molar-refractivity contribution is 0.0690. The van der Waals surface area contributed by atoms with Crippen LogP contribution in [-0.2, 0) is 0 Å². The van der Waals surface area contributed by atoms with E-state index in [1.807, 2.05) is 6.92 Å². The van der Waals surface area contributed by atoms with E-state index >= 15 is 0 Å². The summed E-state index contributed by atoms with van der Waals surface area (Å²) in [6.45, 7) is 3.72. The maximum absolute atomic E-state index is 10.8. The third-order valence-corrected chi connectivity index (χ3v) is 3.75. The number of H-pyrrole nitrogens is 1. The fourth-order valence-corrected chi connectivity index (χ4v) is 2.67. The normalized spacial score (nSPS) is 18.7. The summed E-state index contributed by atoms with van der Waals surface area (Å²) < 4.78 is 0. The Kier molecular flexibility index (Phi) is 3.55. The zero-order valence-electron chi connectivity index (χ0n) is 11.8. The van der Waals surface area contributed by atoms with Gasteiger partial charge in [-0.2, -0.15) is 5.10 Å². The molecule has 3 heterocycles. The van der Waals surface area contributed by atoms with Gasteiger partial charge in [0.15, 0.2) is 5.69 Å². The molecule has 110 valence electrons. The molecule has 0 saturated carbocycles. The Morgan fingerprint density at radius 1 is 1.43 bits per heavy atom. The van der Waals surface area contributed by atoms with Crippen molar-refractivity contribution in [3.05, 3.63) is 35.5 Å². The maximum Gasteiger partial charge on any atom is 0.356 e. The highest BCUT2D eigenvalue weighted by molar-refractivity contribution is 5.84. The van der Waals surface area contributed by atoms with Crippen LogP contribution in [0, 0.1) is 6.92 Å². The molecule has 0 aliphatic carbocycles. The molecule has 1 aliphatic rings. The zero-order valence-corrected chi connectivity index (χ0v) is 11.8. The first-order valence-corrected chi connectivity index (χ1v) is 6.95. The SMILES string of the molecule is Cc1cc(C2CCCN(c3cnc(C(=O)O)cn3)C2)n[nH]1. The number of carboxylic acids is 1. The van der Waals surface area contributed by atoms with Crippen LogP contribution in [0.2, 0.25) is 0 Å². The monoisotopic (exact) mass is 287 g/mol. The molecule has 2 aromatic rings. The molecule has 0 radical (unpaired) electrons. The Balaban J connectivity index is 1.75. The Hall–Kier alpha value is -2.44. The van der Waals surface area contributed by atoms with Crippen molar-refractivity contribution >= 4 is 11.8 Å². The summed E-state index contributed by atoms with van der Waals surface area (Å²) in [4.78, 5) is 21.1. The lowest BCUT2D eigenvalue weighted by atomic mass is 9.95. The first-order valence-electron chi connectivity index (χ1n) is 6.95. The van der Waals surface area contributed by atoms with Crippen molar-refractivity contribution in [2.24, 2.45) is 0 Å². The number of piperidine rings is 1. The van der Waals surface area contributed by atoms with Crippen LogP contribution in [-0.4, -0.2) is 44.3 Å². The van der Waals surface area contributed by atoms with Crippen LogP contribution in [0.5, 0.6) is 0 Å². The van der Waals surface area contributed by atoms with Crippen molar-refractivity contribution in [2.75, 3.05) is 18.0 Å². The molecule has 7 heteroatoms.